The van der Waals surface area contributed by atoms with Gasteiger partial charge in [0.05, 0.1) is 31.0 Å². The molecule has 0 aliphatic carbocycles. The average Bonchev–Trinajstić information content (AvgIpc) is 2.76. The highest BCUT2D eigenvalue weighted by Crippen LogP contribution is 2.30. The number of ether oxygens (including phenoxy) is 2. The molecule has 4 N–H and O–H groups in total. The number of nitrogens with two attached hydrogens (primary N) is 1. The van der Waals surface area contributed by atoms with Crippen molar-refractivity contribution in [2.75, 3.05) is 30.6 Å². The quantitative estimate of drug-likeness (QED) is 0.439. The van der Waals surface area contributed by atoms with Gasteiger partial charge in [0, 0.05) is 10.2 Å². The number of methoxy groups -OCH3 is 2. The maximum absolute atomic E-state index is 14.1. The third-order valence-corrected chi connectivity index (χ3v) is 4.60. The molecule has 31 heavy (non-hydrogen) atoms. The van der Waals surface area contributed by atoms with Crippen molar-refractivity contribution in [3.8, 4) is 0 Å². The fourth-order valence-corrected chi connectivity index (χ4v) is 2.95. The van der Waals surface area contributed by atoms with Crippen molar-refractivity contribution < 1.29 is 23.5 Å². The van der Waals surface area contributed by atoms with E-state index in [-0.39, 0.29) is 34.1 Å². The maximum Gasteiger partial charge on any atom is 0.337 e. The monoisotopic (exact) mass is 489 g/mol. The summed E-state index contributed by atoms with van der Waals surface area (Å²) in [5.74, 6) is -1.45. The molecule has 0 saturated heterocycles. The minimum atomic E-state index is -0.641. The molecule has 0 aliphatic heterocycles. The highest BCUT2D eigenvalue weighted by molar-refractivity contribution is 9.10. The molecule has 3 aromatic rings. The molecule has 160 valence electrons. The Morgan fingerprint density at radius 3 is 2.10 bits per heavy atom. The Bertz CT molecular complexity index is 1120. The lowest BCUT2D eigenvalue weighted by atomic mass is 10.1. The second-order valence-electron chi connectivity index (χ2n) is 6.14. The van der Waals surface area contributed by atoms with Gasteiger partial charge < -0.3 is 25.8 Å². The van der Waals surface area contributed by atoms with E-state index in [0.717, 1.165) is 0 Å². The molecule has 0 saturated carbocycles. The van der Waals surface area contributed by atoms with Crippen molar-refractivity contribution in [3.05, 3.63) is 64.1 Å². The van der Waals surface area contributed by atoms with Gasteiger partial charge >= 0.3 is 11.9 Å². The van der Waals surface area contributed by atoms with Gasteiger partial charge in [-0.05, 0) is 36.4 Å². The second kappa shape index (κ2) is 9.39. The van der Waals surface area contributed by atoms with Crippen LogP contribution in [0.2, 0.25) is 0 Å². The number of nitrogen functional groups attached to an aromatic ring is 1. The number of nitrogens with one attached hydrogen (secondary N) is 2. The Hall–Kier alpha value is -3.73. The first kappa shape index (κ1) is 22.0. The fraction of sp³-hybridized carbons (Fsp3) is 0.100. The van der Waals surface area contributed by atoms with Crippen molar-refractivity contribution in [2.45, 2.75) is 0 Å². The normalized spacial score (nSPS) is 10.3. The van der Waals surface area contributed by atoms with Gasteiger partial charge in [0.25, 0.3) is 0 Å². The number of aromatic nitrogens is 2. The largest absolute Gasteiger partial charge is 0.465 e. The van der Waals surface area contributed by atoms with Gasteiger partial charge in [-0.3, -0.25) is 0 Å². The number of hydrogen-bond donors (Lipinski definition) is 3. The number of rotatable bonds is 6. The minimum Gasteiger partial charge on any atom is -0.465 e. The summed E-state index contributed by atoms with van der Waals surface area (Å²) in [6.07, 6.45) is 1.23. The molecule has 2 aromatic carbocycles. The summed E-state index contributed by atoms with van der Waals surface area (Å²) in [5.41, 5.74) is 6.97. The van der Waals surface area contributed by atoms with Gasteiger partial charge in [-0.1, -0.05) is 15.9 Å². The van der Waals surface area contributed by atoms with E-state index in [4.69, 9.17) is 15.2 Å². The topological polar surface area (TPSA) is 128 Å². The molecule has 1 heterocycles. The van der Waals surface area contributed by atoms with Crippen LogP contribution in [0.25, 0.3) is 0 Å². The summed E-state index contributed by atoms with van der Waals surface area (Å²) in [6, 6.07) is 8.74. The van der Waals surface area contributed by atoms with E-state index in [9.17, 15) is 14.0 Å². The van der Waals surface area contributed by atoms with Crippen molar-refractivity contribution in [1.82, 2.24) is 9.97 Å². The fourth-order valence-electron chi connectivity index (χ4n) is 2.62. The van der Waals surface area contributed by atoms with E-state index in [0.29, 0.717) is 10.2 Å². The molecule has 0 aliphatic rings. The molecular formula is C20H17BrFN5O4. The van der Waals surface area contributed by atoms with Crippen LogP contribution in [0.15, 0.2) is 47.2 Å². The van der Waals surface area contributed by atoms with Gasteiger partial charge in [-0.2, -0.15) is 0 Å². The molecule has 1 aromatic heterocycles. The molecule has 0 amide bonds. The van der Waals surface area contributed by atoms with E-state index in [1.54, 1.807) is 6.07 Å². The predicted molar refractivity (Wildman–Crippen MR) is 116 cm³/mol. The third-order valence-electron chi connectivity index (χ3n) is 4.11. The molecule has 0 bridgehead atoms. The van der Waals surface area contributed by atoms with Gasteiger partial charge in [0.15, 0.2) is 11.6 Å². The summed E-state index contributed by atoms with van der Waals surface area (Å²) >= 11 is 3.19. The zero-order valence-corrected chi connectivity index (χ0v) is 18.0. The van der Waals surface area contributed by atoms with Crippen molar-refractivity contribution in [2.24, 2.45) is 0 Å². The van der Waals surface area contributed by atoms with Gasteiger partial charge in [0.2, 0.25) is 0 Å². The molecule has 0 fully saturated rings. The van der Waals surface area contributed by atoms with E-state index in [1.165, 1.54) is 50.9 Å². The van der Waals surface area contributed by atoms with Crippen LogP contribution in [-0.2, 0) is 9.47 Å². The Morgan fingerprint density at radius 1 is 0.968 bits per heavy atom. The van der Waals surface area contributed by atoms with Crippen LogP contribution in [0.4, 0.5) is 33.1 Å². The zero-order chi connectivity index (χ0) is 22.5. The van der Waals surface area contributed by atoms with Crippen LogP contribution in [0.1, 0.15) is 20.7 Å². The molecule has 9 nitrogen and oxygen atoms in total. The number of halogens is 2. The number of carbonyl (C=O) groups excluding carboxylic acids is 2. The number of hydrogen-bond acceptors (Lipinski definition) is 9. The van der Waals surface area contributed by atoms with Gasteiger partial charge in [-0.25, -0.2) is 23.9 Å². The summed E-state index contributed by atoms with van der Waals surface area (Å²) in [4.78, 5) is 32.0. The van der Waals surface area contributed by atoms with Crippen LogP contribution in [0.3, 0.4) is 0 Å². The summed E-state index contributed by atoms with van der Waals surface area (Å²) < 4.78 is 24.2. The second-order valence-corrected chi connectivity index (χ2v) is 7.06. The molecule has 0 atom stereocenters. The first-order chi connectivity index (χ1) is 14.8. The van der Waals surface area contributed by atoms with E-state index >= 15 is 0 Å². The summed E-state index contributed by atoms with van der Waals surface area (Å²) in [7, 11) is 2.45. The van der Waals surface area contributed by atoms with Crippen molar-refractivity contribution >= 4 is 56.6 Å². The number of carbonyl (C=O) groups is 2. The first-order valence-corrected chi connectivity index (χ1v) is 9.53. The maximum atomic E-state index is 14.1. The average molecular weight is 490 g/mol. The lowest BCUT2D eigenvalue weighted by Crippen LogP contribution is -2.09. The smallest absolute Gasteiger partial charge is 0.337 e. The molecule has 3 rings (SSSR count). The van der Waals surface area contributed by atoms with E-state index in [1.807, 2.05) is 0 Å². The molecule has 0 radical (unpaired) electrons. The van der Waals surface area contributed by atoms with E-state index < -0.39 is 17.8 Å². The first-order valence-electron chi connectivity index (χ1n) is 8.73. The van der Waals surface area contributed by atoms with Gasteiger partial charge in [0.1, 0.15) is 17.8 Å². The highest BCUT2D eigenvalue weighted by Gasteiger charge is 2.16. The van der Waals surface area contributed by atoms with Crippen LogP contribution < -0.4 is 16.4 Å². The molecule has 0 unspecified atom stereocenters. The van der Waals surface area contributed by atoms with Crippen molar-refractivity contribution in [3.63, 3.8) is 0 Å². The SMILES string of the molecule is COC(=O)c1cc(Nc2ncnc(Nc3ccc(Br)cc3F)c2N)cc(C(=O)OC)c1. The number of esters is 2. The highest BCUT2D eigenvalue weighted by atomic mass is 79.9. The van der Waals surface area contributed by atoms with Crippen LogP contribution in [-0.4, -0.2) is 36.1 Å². The summed E-state index contributed by atoms with van der Waals surface area (Å²) in [6.45, 7) is 0. The van der Waals surface area contributed by atoms with Crippen molar-refractivity contribution in [1.29, 1.82) is 0 Å². The van der Waals surface area contributed by atoms with Crippen LogP contribution >= 0.6 is 15.9 Å². The predicted octanol–water partition coefficient (Wildman–Crippen LogP) is 4.02. The lowest BCUT2D eigenvalue weighted by molar-refractivity contribution is 0.0599. The van der Waals surface area contributed by atoms with Crippen LogP contribution in [0.5, 0.6) is 0 Å². The van der Waals surface area contributed by atoms with E-state index in [2.05, 4.69) is 36.5 Å². The number of benzene rings is 2. The molecule has 11 heteroatoms. The molecule has 0 spiro atoms. The Balaban J connectivity index is 1.95. The molecular weight excluding hydrogens is 473 g/mol. The third kappa shape index (κ3) is 5.07. The lowest BCUT2D eigenvalue weighted by Gasteiger charge is -2.14. The zero-order valence-electron chi connectivity index (χ0n) is 16.4. The van der Waals surface area contributed by atoms with Crippen LogP contribution in [0, 0.1) is 5.82 Å². The van der Waals surface area contributed by atoms with Gasteiger partial charge in [-0.15, -0.1) is 0 Å². The Kier molecular flexibility index (Phi) is 6.65. The Morgan fingerprint density at radius 2 is 1.55 bits per heavy atom. The number of nitrogens with zero attached hydrogens (tertiary/aromatic N) is 2. The minimum absolute atomic E-state index is 0.0907. The standard InChI is InChI=1S/C20H17BrFN5O4/c1-30-19(28)10-5-11(20(29)31-2)7-13(6-10)26-17-16(23)18(25-9-24-17)27-15-4-3-12(21)8-14(15)22/h3-9H,23H2,1-2H3,(H2,24,25,26,27). The number of anilines is 5. The Labute approximate surface area is 184 Å². The summed E-state index contributed by atoms with van der Waals surface area (Å²) in [5, 5.41) is 5.74.